The molecule has 0 aliphatic rings. The zero-order chi connectivity index (χ0) is 11.8. The normalized spacial score (nSPS) is 10.8. The Bertz CT molecular complexity index is 364. The molecule has 1 rings (SSSR count). The zero-order valence-electron chi connectivity index (χ0n) is 9.11. The van der Waals surface area contributed by atoms with Gasteiger partial charge in [0.2, 0.25) is 0 Å². The first-order valence-corrected chi connectivity index (χ1v) is 4.65. The number of hydrogen-bond donors (Lipinski definition) is 4. The molecule has 1 amide bonds. The van der Waals surface area contributed by atoms with E-state index in [0.29, 0.717) is 11.5 Å². The predicted molar refractivity (Wildman–Crippen MR) is 60.0 cm³/mol. The number of carbonyl (C=O) groups is 1. The number of carbonyl (C=O) groups excluding carboxylic acids is 1. The first-order chi connectivity index (χ1) is 7.77. The third kappa shape index (κ3) is 3.54. The van der Waals surface area contributed by atoms with E-state index in [4.69, 9.17) is 0 Å². The van der Waals surface area contributed by atoms with Gasteiger partial charge in [0.25, 0.3) is 5.91 Å². The van der Waals surface area contributed by atoms with E-state index in [1.165, 1.54) is 12.5 Å². The summed E-state index contributed by atoms with van der Waals surface area (Å²) < 4.78 is 0. The summed E-state index contributed by atoms with van der Waals surface area (Å²) in [6.07, 6.45) is 4.45. The van der Waals surface area contributed by atoms with Crippen LogP contribution in [-0.2, 0) is 4.79 Å². The lowest BCUT2D eigenvalue weighted by Crippen LogP contribution is -2.34. The van der Waals surface area contributed by atoms with Crippen LogP contribution in [0.5, 0.6) is 0 Å². The summed E-state index contributed by atoms with van der Waals surface area (Å²) in [5.41, 5.74) is 5.71. The Morgan fingerprint density at radius 3 is 2.81 bits per heavy atom. The second kappa shape index (κ2) is 6.36. The zero-order valence-corrected chi connectivity index (χ0v) is 9.11. The molecule has 0 radical (unpaired) electrons. The Hall–Kier alpha value is -2.15. The van der Waals surface area contributed by atoms with Crippen LogP contribution in [0.3, 0.4) is 0 Å². The number of anilines is 1. The summed E-state index contributed by atoms with van der Waals surface area (Å²) >= 11 is 0. The molecular weight excluding hydrogens is 208 g/mol. The number of hydrazine groups is 1. The highest BCUT2D eigenvalue weighted by atomic mass is 16.2. The van der Waals surface area contributed by atoms with E-state index < -0.39 is 0 Å². The van der Waals surface area contributed by atoms with Crippen LogP contribution in [0, 0.1) is 0 Å². The SMILES string of the molecule is CN/C=C(\NNC)C(=O)Nc1ccncn1. The fraction of sp³-hybridized carbons (Fsp3) is 0.222. The number of aromatic nitrogens is 2. The fourth-order valence-electron chi connectivity index (χ4n) is 0.986. The molecule has 0 aliphatic carbocycles. The Labute approximate surface area is 93.3 Å². The van der Waals surface area contributed by atoms with Crippen LogP contribution in [0.25, 0.3) is 0 Å². The standard InChI is InChI=1S/C9H14N6O/c1-10-5-7(15-11-2)9(16)14-8-3-4-12-6-13-8/h3-6,10-11,15H,1-2H3,(H,12,13,14,16)/b7-5-. The number of nitrogens with one attached hydrogen (secondary N) is 4. The van der Waals surface area contributed by atoms with Gasteiger partial charge in [-0.25, -0.2) is 15.4 Å². The van der Waals surface area contributed by atoms with E-state index in [9.17, 15) is 4.79 Å². The van der Waals surface area contributed by atoms with Crippen molar-refractivity contribution in [2.24, 2.45) is 0 Å². The lowest BCUT2D eigenvalue weighted by atomic mass is 10.4. The van der Waals surface area contributed by atoms with Gasteiger partial charge in [-0.1, -0.05) is 0 Å². The third-order valence-electron chi connectivity index (χ3n) is 1.62. The highest BCUT2D eigenvalue weighted by Gasteiger charge is 2.08. The van der Waals surface area contributed by atoms with Crippen LogP contribution < -0.4 is 21.5 Å². The molecule has 0 unspecified atom stereocenters. The fourth-order valence-corrected chi connectivity index (χ4v) is 0.986. The van der Waals surface area contributed by atoms with Gasteiger partial charge in [0, 0.05) is 26.5 Å². The van der Waals surface area contributed by atoms with Crippen molar-refractivity contribution in [1.82, 2.24) is 26.1 Å². The number of rotatable bonds is 5. The van der Waals surface area contributed by atoms with E-state index in [-0.39, 0.29) is 5.91 Å². The molecule has 0 spiro atoms. The van der Waals surface area contributed by atoms with Crippen molar-refractivity contribution in [3.05, 3.63) is 30.5 Å². The molecule has 0 aliphatic heterocycles. The molecule has 0 atom stereocenters. The number of amides is 1. The van der Waals surface area contributed by atoms with Crippen LogP contribution in [0.2, 0.25) is 0 Å². The van der Waals surface area contributed by atoms with Gasteiger partial charge >= 0.3 is 0 Å². The molecule has 0 saturated carbocycles. The number of nitrogens with zero attached hydrogens (tertiary/aromatic N) is 2. The second-order valence-corrected chi connectivity index (χ2v) is 2.77. The van der Waals surface area contributed by atoms with Crippen molar-refractivity contribution < 1.29 is 4.79 Å². The molecule has 16 heavy (non-hydrogen) atoms. The minimum absolute atomic E-state index is 0.303. The average molecular weight is 222 g/mol. The molecule has 0 bridgehead atoms. The molecule has 0 saturated heterocycles. The largest absolute Gasteiger partial charge is 0.392 e. The van der Waals surface area contributed by atoms with E-state index >= 15 is 0 Å². The Morgan fingerprint density at radius 2 is 2.25 bits per heavy atom. The van der Waals surface area contributed by atoms with Crippen molar-refractivity contribution in [2.75, 3.05) is 19.4 Å². The monoisotopic (exact) mass is 222 g/mol. The maximum Gasteiger partial charge on any atom is 0.275 e. The maximum atomic E-state index is 11.7. The van der Waals surface area contributed by atoms with E-state index in [1.807, 2.05) is 0 Å². The molecule has 1 aromatic heterocycles. The number of hydrogen-bond acceptors (Lipinski definition) is 6. The smallest absolute Gasteiger partial charge is 0.275 e. The van der Waals surface area contributed by atoms with Gasteiger partial charge in [0.15, 0.2) is 0 Å². The van der Waals surface area contributed by atoms with Gasteiger partial charge in [-0.2, -0.15) is 0 Å². The third-order valence-corrected chi connectivity index (χ3v) is 1.62. The van der Waals surface area contributed by atoms with Crippen LogP contribution in [-0.4, -0.2) is 30.0 Å². The highest BCUT2D eigenvalue weighted by Crippen LogP contribution is 2.00. The summed E-state index contributed by atoms with van der Waals surface area (Å²) in [6, 6.07) is 1.61. The maximum absolute atomic E-state index is 11.7. The summed E-state index contributed by atoms with van der Waals surface area (Å²) in [5, 5.41) is 5.37. The molecule has 1 aromatic rings. The first kappa shape index (κ1) is 11.9. The van der Waals surface area contributed by atoms with Gasteiger partial charge in [0.05, 0.1) is 0 Å². The minimum atomic E-state index is -0.303. The van der Waals surface area contributed by atoms with Crippen molar-refractivity contribution in [3.63, 3.8) is 0 Å². The van der Waals surface area contributed by atoms with Gasteiger partial charge in [0.1, 0.15) is 17.8 Å². The van der Waals surface area contributed by atoms with Crippen LogP contribution in [0.1, 0.15) is 0 Å². The van der Waals surface area contributed by atoms with Crippen LogP contribution in [0.15, 0.2) is 30.5 Å². The summed E-state index contributed by atoms with van der Waals surface area (Å²) in [7, 11) is 3.37. The molecule has 7 nitrogen and oxygen atoms in total. The van der Waals surface area contributed by atoms with Gasteiger partial charge in [-0.05, 0) is 6.07 Å². The highest BCUT2D eigenvalue weighted by molar-refractivity contribution is 6.02. The van der Waals surface area contributed by atoms with E-state index in [1.54, 1.807) is 26.4 Å². The summed E-state index contributed by atoms with van der Waals surface area (Å²) in [4.78, 5) is 19.3. The quantitative estimate of drug-likeness (QED) is 0.385. The van der Waals surface area contributed by atoms with Crippen LogP contribution in [0.4, 0.5) is 5.82 Å². The second-order valence-electron chi connectivity index (χ2n) is 2.77. The molecular formula is C9H14N6O. The predicted octanol–water partition coefficient (Wildman–Crippen LogP) is -0.800. The van der Waals surface area contributed by atoms with Crippen molar-refractivity contribution >= 4 is 11.7 Å². The average Bonchev–Trinajstić information content (AvgIpc) is 2.30. The van der Waals surface area contributed by atoms with Crippen molar-refractivity contribution in [2.45, 2.75) is 0 Å². The Morgan fingerprint density at radius 1 is 1.44 bits per heavy atom. The van der Waals surface area contributed by atoms with Crippen molar-refractivity contribution in [3.8, 4) is 0 Å². The summed E-state index contributed by atoms with van der Waals surface area (Å²) in [6.45, 7) is 0. The lowest BCUT2D eigenvalue weighted by molar-refractivity contribution is -0.113. The van der Waals surface area contributed by atoms with Gasteiger partial charge < -0.3 is 16.1 Å². The molecule has 0 fully saturated rings. The van der Waals surface area contributed by atoms with Crippen LogP contribution >= 0.6 is 0 Å². The topological polar surface area (TPSA) is 91.0 Å². The lowest BCUT2D eigenvalue weighted by Gasteiger charge is -2.09. The van der Waals surface area contributed by atoms with E-state index in [2.05, 4.69) is 31.5 Å². The minimum Gasteiger partial charge on any atom is -0.392 e. The Balaban J connectivity index is 2.66. The molecule has 7 heteroatoms. The first-order valence-electron chi connectivity index (χ1n) is 4.65. The molecule has 86 valence electrons. The van der Waals surface area contributed by atoms with Crippen molar-refractivity contribution in [1.29, 1.82) is 0 Å². The van der Waals surface area contributed by atoms with E-state index in [0.717, 1.165) is 0 Å². The van der Waals surface area contributed by atoms with Gasteiger partial charge in [-0.3, -0.25) is 4.79 Å². The molecule has 4 N–H and O–H groups in total. The molecule has 0 aromatic carbocycles. The Kier molecular flexibility index (Phi) is 4.74. The van der Waals surface area contributed by atoms with Gasteiger partial charge in [-0.15, -0.1) is 0 Å². The molecule has 1 heterocycles. The summed E-state index contributed by atoms with van der Waals surface area (Å²) in [5.74, 6) is 0.141.